The molecule has 2 rings (SSSR count). The van der Waals surface area contributed by atoms with Crippen LogP contribution in [0.1, 0.15) is 40.2 Å². The smallest absolute Gasteiger partial charge is 0.0712 e. The zero-order valence-electron chi connectivity index (χ0n) is 12.6. The number of hydrogen-bond acceptors (Lipinski definition) is 3. The van der Waals surface area contributed by atoms with Gasteiger partial charge in [-0.05, 0) is 63.8 Å². The first-order valence-corrected chi connectivity index (χ1v) is 7.11. The summed E-state index contributed by atoms with van der Waals surface area (Å²) in [5, 5.41) is 10.0. The average Bonchev–Trinajstić information content (AvgIpc) is 2.30. The molecule has 0 radical (unpaired) electrons. The standard InChI is InChI=1S/C16H26N2O/c1-10-8-13-9-14(17)6-7-15(13)18(16(10,4)5)11(2)12(3)19/h6-7,9-12,19H,8,17H2,1-5H3. The van der Waals surface area contributed by atoms with Crippen LogP contribution in [0.15, 0.2) is 18.2 Å². The van der Waals surface area contributed by atoms with Gasteiger partial charge in [-0.15, -0.1) is 0 Å². The van der Waals surface area contributed by atoms with E-state index in [9.17, 15) is 5.11 Å². The second kappa shape index (κ2) is 4.71. The Kier molecular flexibility index (Phi) is 3.52. The van der Waals surface area contributed by atoms with Crippen molar-refractivity contribution in [2.75, 3.05) is 10.6 Å². The molecular weight excluding hydrogens is 236 g/mol. The summed E-state index contributed by atoms with van der Waals surface area (Å²) >= 11 is 0. The minimum atomic E-state index is -0.366. The van der Waals surface area contributed by atoms with Crippen molar-refractivity contribution in [3.63, 3.8) is 0 Å². The van der Waals surface area contributed by atoms with Crippen LogP contribution >= 0.6 is 0 Å². The van der Waals surface area contributed by atoms with E-state index in [4.69, 9.17) is 5.73 Å². The van der Waals surface area contributed by atoms with Gasteiger partial charge in [-0.2, -0.15) is 0 Å². The zero-order valence-corrected chi connectivity index (χ0v) is 12.6. The Morgan fingerprint density at radius 3 is 2.58 bits per heavy atom. The van der Waals surface area contributed by atoms with Gasteiger partial charge in [-0.1, -0.05) is 6.92 Å². The van der Waals surface area contributed by atoms with Gasteiger partial charge in [0.15, 0.2) is 0 Å². The summed E-state index contributed by atoms with van der Waals surface area (Å²) in [5.74, 6) is 0.517. The molecule has 0 aliphatic carbocycles. The maximum absolute atomic E-state index is 10.0. The summed E-state index contributed by atoms with van der Waals surface area (Å²) < 4.78 is 0. The Bertz CT molecular complexity index is 468. The third-order valence-electron chi connectivity index (χ3n) is 4.82. The highest BCUT2D eigenvalue weighted by Gasteiger charge is 2.41. The molecule has 1 aliphatic rings. The molecule has 19 heavy (non-hydrogen) atoms. The van der Waals surface area contributed by atoms with Crippen molar-refractivity contribution in [3.05, 3.63) is 23.8 Å². The Labute approximate surface area is 116 Å². The van der Waals surface area contributed by atoms with Crippen molar-refractivity contribution in [2.24, 2.45) is 5.92 Å². The third kappa shape index (κ3) is 2.32. The second-order valence-electron chi connectivity index (χ2n) is 6.50. The van der Waals surface area contributed by atoms with Crippen molar-refractivity contribution in [2.45, 2.75) is 58.7 Å². The van der Waals surface area contributed by atoms with Crippen LogP contribution in [-0.4, -0.2) is 22.8 Å². The van der Waals surface area contributed by atoms with Crippen LogP contribution in [0.5, 0.6) is 0 Å². The number of fused-ring (bicyclic) bond motifs is 1. The van der Waals surface area contributed by atoms with E-state index in [2.05, 4.69) is 44.7 Å². The number of nitrogen functional groups attached to an aromatic ring is 1. The summed E-state index contributed by atoms with van der Waals surface area (Å²) in [6, 6.07) is 6.20. The Hall–Kier alpha value is -1.22. The molecule has 0 saturated carbocycles. The van der Waals surface area contributed by atoms with E-state index in [0.29, 0.717) is 5.92 Å². The van der Waals surface area contributed by atoms with E-state index in [1.165, 1.54) is 11.3 Å². The monoisotopic (exact) mass is 262 g/mol. The van der Waals surface area contributed by atoms with Crippen LogP contribution in [0.4, 0.5) is 11.4 Å². The predicted molar refractivity (Wildman–Crippen MR) is 81.4 cm³/mol. The number of aliphatic hydroxyl groups is 1. The summed E-state index contributed by atoms with van der Waals surface area (Å²) in [5.41, 5.74) is 9.26. The molecule has 0 aromatic heterocycles. The third-order valence-corrected chi connectivity index (χ3v) is 4.82. The highest BCUT2D eigenvalue weighted by molar-refractivity contribution is 5.63. The van der Waals surface area contributed by atoms with E-state index in [-0.39, 0.29) is 17.7 Å². The van der Waals surface area contributed by atoms with E-state index < -0.39 is 0 Å². The molecule has 1 aromatic rings. The number of anilines is 2. The second-order valence-corrected chi connectivity index (χ2v) is 6.50. The van der Waals surface area contributed by atoms with Crippen molar-refractivity contribution < 1.29 is 5.11 Å². The van der Waals surface area contributed by atoms with Crippen molar-refractivity contribution in [3.8, 4) is 0 Å². The Morgan fingerprint density at radius 1 is 1.37 bits per heavy atom. The number of aliphatic hydroxyl groups excluding tert-OH is 1. The maximum atomic E-state index is 10.0. The molecule has 1 aromatic carbocycles. The SMILES string of the molecule is CC(O)C(C)N1c2ccc(N)cc2CC(C)C1(C)C. The summed E-state index contributed by atoms with van der Waals surface area (Å²) in [6.07, 6.45) is 0.672. The van der Waals surface area contributed by atoms with Gasteiger partial charge in [0, 0.05) is 16.9 Å². The van der Waals surface area contributed by atoms with E-state index in [1.54, 1.807) is 0 Å². The number of hydrogen-bond donors (Lipinski definition) is 2. The van der Waals surface area contributed by atoms with Crippen LogP contribution in [0.25, 0.3) is 0 Å². The Morgan fingerprint density at radius 2 is 2.00 bits per heavy atom. The van der Waals surface area contributed by atoms with Crippen molar-refractivity contribution in [1.29, 1.82) is 0 Å². The van der Waals surface area contributed by atoms with Gasteiger partial charge in [-0.3, -0.25) is 0 Å². The molecular formula is C16H26N2O. The molecule has 3 N–H and O–H groups in total. The van der Waals surface area contributed by atoms with Crippen LogP contribution in [0.3, 0.4) is 0 Å². The zero-order chi connectivity index (χ0) is 14.4. The molecule has 1 heterocycles. The fourth-order valence-electron chi connectivity index (χ4n) is 3.09. The topological polar surface area (TPSA) is 49.5 Å². The molecule has 106 valence electrons. The highest BCUT2D eigenvalue weighted by atomic mass is 16.3. The lowest BCUT2D eigenvalue weighted by molar-refractivity contribution is 0.142. The predicted octanol–water partition coefficient (Wildman–Crippen LogP) is 2.82. The first kappa shape index (κ1) is 14.2. The normalized spacial score (nSPS) is 24.7. The number of nitrogens with two attached hydrogens (primary N) is 1. The minimum Gasteiger partial charge on any atom is -0.399 e. The molecule has 0 saturated heterocycles. The summed E-state index contributed by atoms with van der Waals surface area (Å²) in [6.45, 7) is 10.7. The summed E-state index contributed by atoms with van der Waals surface area (Å²) in [4.78, 5) is 2.36. The van der Waals surface area contributed by atoms with Gasteiger partial charge in [0.25, 0.3) is 0 Å². The maximum Gasteiger partial charge on any atom is 0.0712 e. The Balaban J connectivity index is 2.54. The van der Waals surface area contributed by atoms with Crippen molar-refractivity contribution >= 4 is 11.4 Å². The van der Waals surface area contributed by atoms with E-state index >= 15 is 0 Å². The first-order valence-electron chi connectivity index (χ1n) is 7.11. The van der Waals surface area contributed by atoms with Crippen LogP contribution in [0.2, 0.25) is 0 Å². The lowest BCUT2D eigenvalue weighted by Gasteiger charge is -2.52. The van der Waals surface area contributed by atoms with Crippen molar-refractivity contribution in [1.82, 2.24) is 0 Å². The molecule has 3 unspecified atom stereocenters. The largest absolute Gasteiger partial charge is 0.399 e. The van der Waals surface area contributed by atoms with Crippen LogP contribution in [-0.2, 0) is 6.42 Å². The molecule has 3 nitrogen and oxygen atoms in total. The molecule has 3 heteroatoms. The van der Waals surface area contributed by atoms with Gasteiger partial charge in [-0.25, -0.2) is 0 Å². The molecule has 3 atom stereocenters. The van der Waals surface area contributed by atoms with Crippen LogP contribution in [0, 0.1) is 5.92 Å². The van der Waals surface area contributed by atoms with Gasteiger partial charge in [0.1, 0.15) is 0 Å². The molecule has 0 amide bonds. The quantitative estimate of drug-likeness (QED) is 0.806. The molecule has 0 fully saturated rings. The van der Waals surface area contributed by atoms with E-state index in [1.807, 2.05) is 13.0 Å². The fourth-order valence-corrected chi connectivity index (χ4v) is 3.09. The highest BCUT2D eigenvalue weighted by Crippen LogP contribution is 2.42. The number of rotatable bonds is 2. The fraction of sp³-hybridized carbons (Fsp3) is 0.625. The first-order chi connectivity index (χ1) is 8.75. The molecule has 0 bridgehead atoms. The van der Waals surface area contributed by atoms with Gasteiger partial charge < -0.3 is 15.7 Å². The van der Waals surface area contributed by atoms with E-state index in [0.717, 1.165) is 12.1 Å². The van der Waals surface area contributed by atoms with Gasteiger partial charge in [0.2, 0.25) is 0 Å². The average molecular weight is 262 g/mol. The van der Waals surface area contributed by atoms with Gasteiger partial charge >= 0.3 is 0 Å². The number of nitrogens with zero attached hydrogens (tertiary/aromatic N) is 1. The lowest BCUT2D eigenvalue weighted by atomic mass is 9.76. The lowest BCUT2D eigenvalue weighted by Crippen LogP contribution is -2.58. The number of benzene rings is 1. The molecule has 0 spiro atoms. The molecule has 1 aliphatic heterocycles. The van der Waals surface area contributed by atoms with Crippen LogP contribution < -0.4 is 10.6 Å². The summed E-state index contributed by atoms with van der Waals surface area (Å²) in [7, 11) is 0. The van der Waals surface area contributed by atoms with Gasteiger partial charge in [0.05, 0.1) is 12.1 Å². The minimum absolute atomic E-state index is 0.0273.